The summed E-state index contributed by atoms with van der Waals surface area (Å²) >= 11 is 0.869. The molecule has 9 heteroatoms. The van der Waals surface area contributed by atoms with E-state index < -0.39 is 0 Å². The SMILES string of the molecule is COc1ccc(/C=C2\SC(=O)N(CCC(=O)N3CCOCC3)C2=O)cc1OC. The maximum Gasteiger partial charge on any atom is 0.293 e. The Hall–Kier alpha value is -2.52. The number of hydrogen-bond acceptors (Lipinski definition) is 7. The average Bonchev–Trinajstić information content (AvgIpc) is 2.99. The second-order valence-electron chi connectivity index (χ2n) is 6.19. The van der Waals surface area contributed by atoms with Gasteiger partial charge in [0.05, 0.1) is 32.3 Å². The van der Waals surface area contributed by atoms with Gasteiger partial charge in [0.25, 0.3) is 11.1 Å². The molecule has 2 aliphatic heterocycles. The van der Waals surface area contributed by atoms with Crippen molar-refractivity contribution in [2.24, 2.45) is 0 Å². The van der Waals surface area contributed by atoms with Crippen LogP contribution < -0.4 is 9.47 Å². The molecular formula is C19H22N2O6S. The summed E-state index contributed by atoms with van der Waals surface area (Å²) in [6.07, 6.45) is 1.75. The Balaban J connectivity index is 1.66. The molecule has 150 valence electrons. The molecule has 2 aliphatic rings. The number of amides is 3. The third-order valence-corrected chi connectivity index (χ3v) is 5.40. The van der Waals surface area contributed by atoms with Crippen LogP contribution in [0.4, 0.5) is 4.79 Å². The Morgan fingerprint density at radius 3 is 2.57 bits per heavy atom. The van der Waals surface area contributed by atoms with E-state index in [2.05, 4.69) is 0 Å². The molecule has 0 N–H and O–H groups in total. The molecule has 2 saturated heterocycles. The standard InChI is InChI=1S/C19H22N2O6S/c1-25-14-4-3-13(11-15(14)26-2)12-16-18(23)21(19(24)28-16)6-5-17(22)20-7-9-27-10-8-20/h3-4,11-12H,5-10H2,1-2H3/b16-12-. The molecule has 0 bridgehead atoms. The molecule has 28 heavy (non-hydrogen) atoms. The van der Waals surface area contributed by atoms with Gasteiger partial charge in [-0.15, -0.1) is 0 Å². The maximum atomic E-state index is 12.6. The first kappa shape index (κ1) is 20.2. The fourth-order valence-corrected chi connectivity index (χ4v) is 3.83. The van der Waals surface area contributed by atoms with Gasteiger partial charge < -0.3 is 19.1 Å². The zero-order valence-corrected chi connectivity index (χ0v) is 16.6. The number of carbonyl (C=O) groups is 3. The van der Waals surface area contributed by atoms with Crippen molar-refractivity contribution in [1.82, 2.24) is 9.80 Å². The number of nitrogens with zero attached hydrogens (tertiary/aromatic N) is 2. The van der Waals surface area contributed by atoms with E-state index in [-0.39, 0.29) is 30.0 Å². The lowest BCUT2D eigenvalue weighted by molar-refractivity contribution is -0.135. The minimum absolute atomic E-state index is 0.0735. The smallest absolute Gasteiger partial charge is 0.293 e. The summed E-state index contributed by atoms with van der Waals surface area (Å²) in [6, 6.07) is 5.24. The minimum atomic E-state index is -0.389. The number of rotatable bonds is 6. The van der Waals surface area contributed by atoms with Crippen molar-refractivity contribution in [3.8, 4) is 11.5 Å². The molecule has 2 fully saturated rings. The molecule has 0 aromatic heterocycles. The topological polar surface area (TPSA) is 85.4 Å². The Morgan fingerprint density at radius 1 is 1.18 bits per heavy atom. The monoisotopic (exact) mass is 406 g/mol. The van der Waals surface area contributed by atoms with Crippen molar-refractivity contribution in [2.45, 2.75) is 6.42 Å². The van der Waals surface area contributed by atoms with E-state index >= 15 is 0 Å². The fourth-order valence-electron chi connectivity index (χ4n) is 2.97. The van der Waals surface area contributed by atoms with Gasteiger partial charge >= 0.3 is 0 Å². The van der Waals surface area contributed by atoms with Gasteiger partial charge in [0.1, 0.15) is 0 Å². The summed E-state index contributed by atoms with van der Waals surface area (Å²) in [6.45, 7) is 2.19. The van der Waals surface area contributed by atoms with E-state index in [1.165, 1.54) is 7.11 Å². The molecule has 0 radical (unpaired) electrons. The molecule has 0 atom stereocenters. The second kappa shape index (κ2) is 9.11. The normalized spacial score (nSPS) is 18.7. The van der Waals surface area contributed by atoms with Gasteiger partial charge in [-0.05, 0) is 35.5 Å². The van der Waals surface area contributed by atoms with E-state index in [4.69, 9.17) is 14.2 Å². The summed E-state index contributed by atoms with van der Waals surface area (Å²) in [5, 5.41) is -0.369. The highest BCUT2D eigenvalue weighted by Crippen LogP contribution is 2.34. The largest absolute Gasteiger partial charge is 0.493 e. The van der Waals surface area contributed by atoms with E-state index in [9.17, 15) is 14.4 Å². The van der Waals surface area contributed by atoms with Gasteiger partial charge in [0, 0.05) is 26.1 Å². The number of morpholine rings is 1. The van der Waals surface area contributed by atoms with Crippen molar-refractivity contribution in [1.29, 1.82) is 0 Å². The van der Waals surface area contributed by atoms with Gasteiger partial charge in [0.15, 0.2) is 11.5 Å². The average molecular weight is 406 g/mol. The third kappa shape index (κ3) is 4.48. The van der Waals surface area contributed by atoms with Gasteiger partial charge in [-0.2, -0.15) is 0 Å². The number of methoxy groups -OCH3 is 2. The van der Waals surface area contributed by atoms with Gasteiger partial charge in [-0.1, -0.05) is 6.07 Å². The first-order chi connectivity index (χ1) is 13.5. The summed E-state index contributed by atoms with van der Waals surface area (Å²) in [5.74, 6) is 0.645. The number of carbonyl (C=O) groups excluding carboxylic acids is 3. The van der Waals surface area contributed by atoms with Crippen molar-refractivity contribution in [3.05, 3.63) is 28.7 Å². The predicted molar refractivity (Wildman–Crippen MR) is 104 cm³/mol. The Kier molecular flexibility index (Phi) is 6.58. The summed E-state index contributed by atoms with van der Waals surface area (Å²) < 4.78 is 15.7. The quantitative estimate of drug-likeness (QED) is 0.668. The van der Waals surface area contributed by atoms with E-state index in [0.29, 0.717) is 48.3 Å². The number of hydrogen-bond donors (Lipinski definition) is 0. The molecule has 3 amide bonds. The molecule has 2 heterocycles. The first-order valence-corrected chi connectivity index (χ1v) is 9.68. The maximum absolute atomic E-state index is 12.6. The molecule has 0 aliphatic carbocycles. The Labute approximate surface area is 167 Å². The third-order valence-electron chi connectivity index (χ3n) is 4.49. The van der Waals surface area contributed by atoms with Crippen LogP contribution in [0.15, 0.2) is 23.1 Å². The number of thioether (sulfide) groups is 1. The van der Waals surface area contributed by atoms with Gasteiger partial charge in [-0.3, -0.25) is 19.3 Å². The molecule has 0 saturated carbocycles. The van der Waals surface area contributed by atoms with Gasteiger partial charge in [0.2, 0.25) is 5.91 Å². The van der Waals surface area contributed by atoms with E-state index in [0.717, 1.165) is 16.7 Å². The molecule has 0 spiro atoms. The van der Waals surface area contributed by atoms with Crippen LogP contribution >= 0.6 is 11.8 Å². The van der Waals surface area contributed by atoms with Crippen LogP contribution in [0.25, 0.3) is 6.08 Å². The van der Waals surface area contributed by atoms with E-state index in [1.807, 2.05) is 0 Å². The first-order valence-electron chi connectivity index (χ1n) is 8.86. The van der Waals surface area contributed by atoms with Crippen molar-refractivity contribution >= 4 is 34.9 Å². The highest BCUT2D eigenvalue weighted by Gasteiger charge is 2.35. The lowest BCUT2D eigenvalue weighted by Gasteiger charge is -2.27. The van der Waals surface area contributed by atoms with Crippen LogP contribution in [0.2, 0.25) is 0 Å². The fraction of sp³-hybridized carbons (Fsp3) is 0.421. The lowest BCUT2D eigenvalue weighted by atomic mass is 10.2. The van der Waals surface area contributed by atoms with Crippen LogP contribution in [0.1, 0.15) is 12.0 Å². The summed E-state index contributed by atoms with van der Waals surface area (Å²) in [5.41, 5.74) is 0.715. The number of imide groups is 1. The van der Waals surface area contributed by atoms with Crippen LogP contribution in [0.3, 0.4) is 0 Å². The van der Waals surface area contributed by atoms with Crippen LogP contribution in [0, 0.1) is 0 Å². The second-order valence-corrected chi connectivity index (χ2v) is 7.18. The predicted octanol–water partition coefficient (Wildman–Crippen LogP) is 1.99. The van der Waals surface area contributed by atoms with Crippen molar-refractivity contribution < 1.29 is 28.6 Å². The zero-order chi connectivity index (χ0) is 20.1. The van der Waals surface area contributed by atoms with E-state index in [1.54, 1.807) is 36.3 Å². The lowest BCUT2D eigenvalue weighted by Crippen LogP contribution is -2.42. The van der Waals surface area contributed by atoms with Crippen molar-refractivity contribution in [2.75, 3.05) is 47.1 Å². The minimum Gasteiger partial charge on any atom is -0.493 e. The molecular weight excluding hydrogens is 384 g/mol. The van der Waals surface area contributed by atoms with Crippen LogP contribution in [-0.2, 0) is 14.3 Å². The van der Waals surface area contributed by atoms with Crippen LogP contribution in [-0.4, -0.2) is 73.9 Å². The molecule has 0 unspecified atom stereocenters. The Morgan fingerprint density at radius 2 is 1.89 bits per heavy atom. The zero-order valence-electron chi connectivity index (χ0n) is 15.8. The summed E-state index contributed by atoms with van der Waals surface area (Å²) in [7, 11) is 3.07. The van der Waals surface area contributed by atoms with Crippen molar-refractivity contribution in [3.63, 3.8) is 0 Å². The Bertz CT molecular complexity index is 804. The van der Waals surface area contributed by atoms with Gasteiger partial charge in [-0.25, -0.2) is 0 Å². The molecule has 8 nitrogen and oxygen atoms in total. The number of ether oxygens (including phenoxy) is 3. The highest BCUT2D eigenvalue weighted by molar-refractivity contribution is 8.18. The summed E-state index contributed by atoms with van der Waals surface area (Å²) in [4.78, 5) is 40.2. The molecule has 1 aromatic carbocycles. The number of benzene rings is 1. The molecule has 3 rings (SSSR count). The molecule has 1 aromatic rings. The highest BCUT2D eigenvalue weighted by atomic mass is 32.2. The van der Waals surface area contributed by atoms with Crippen LogP contribution in [0.5, 0.6) is 11.5 Å².